The van der Waals surface area contributed by atoms with E-state index in [1.807, 2.05) is 0 Å². The van der Waals surface area contributed by atoms with Crippen molar-refractivity contribution < 1.29 is 0 Å². The Morgan fingerprint density at radius 3 is 2.58 bits per heavy atom. The van der Waals surface area contributed by atoms with E-state index >= 15 is 0 Å². The zero-order valence-corrected chi connectivity index (χ0v) is 23.1. The van der Waals surface area contributed by atoms with Crippen LogP contribution in [-0.2, 0) is 6.42 Å². The lowest BCUT2D eigenvalue weighted by atomic mass is 10.0. The molecule has 0 unspecified atom stereocenters. The quantitative estimate of drug-likeness (QED) is 0.461. The molecule has 0 radical (unpaired) electrons. The molecule has 0 bridgehead atoms. The van der Waals surface area contributed by atoms with Crippen LogP contribution in [0, 0.1) is 11.3 Å². The zero-order valence-electron chi connectivity index (χ0n) is 23.1. The van der Waals surface area contributed by atoms with Gasteiger partial charge in [-0.2, -0.15) is 0 Å². The number of aliphatic imine (C=N–C) groups is 1. The molecular weight excluding hydrogens is 446 g/mol. The van der Waals surface area contributed by atoms with Gasteiger partial charge < -0.3 is 20.4 Å². The van der Waals surface area contributed by atoms with Crippen LogP contribution in [0.1, 0.15) is 65.4 Å². The third kappa shape index (κ3) is 6.34. The molecule has 0 saturated carbocycles. The number of guanidine groups is 2. The van der Waals surface area contributed by atoms with Crippen LogP contribution in [0.5, 0.6) is 0 Å². The maximum absolute atomic E-state index is 9.08. The van der Waals surface area contributed by atoms with Gasteiger partial charge >= 0.3 is 0 Å². The van der Waals surface area contributed by atoms with Crippen LogP contribution in [0.2, 0.25) is 0 Å². The fourth-order valence-corrected chi connectivity index (χ4v) is 6.39. The van der Waals surface area contributed by atoms with Gasteiger partial charge in [0, 0.05) is 38.3 Å². The number of unbranched alkanes of at least 4 members (excludes halogenated alkanes) is 1. The predicted octanol–water partition coefficient (Wildman–Crippen LogP) is 3.85. The second-order valence-electron chi connectivity index (χ2n) is 11.6. The lowest BCUT2D eigenvalue weighted by Crippen LogP contribution is -2.51. The summed E-state index contributed by atoms with van der Waals surface area (Å²) >= 11 is 0. The summed E-state index contributed by atoms with van der Waals surface area (Å²) in [5, 5.41) is 9.08. The Morgan fingerprint density at radius 1 is 1.08 bits per heavy atom. The molecule has 0 amide bonds. The standard InChI is InChI=1S/C29H49N7/c1-5-6-15-34-27(17-24-11-8-7-9-12-24)21-35(29(34)31)23(4)19-33-14-10-13-25(33)20-36-26(16-22(2)3)18-32-28(36)30/h7-9,11-12,22-23,25-27,31H,5-6,10,13-21H2,1-4H3,(H2,30,32)/t23-,25-,26+,27+/m0/s1. The number of likely N-dealkylation sites (tertiary alicyclic amines) is 1. The molecule has 3 aliphatic heterocycles. The molecule has 0 aliphatic carbocycles. The molecule has 1 aromatic rings. The highest BCUT2D eigenvalue weighted by atomic mass is 15.5. The highest BCUT2D eigenvalue weighted by Gasteiger charge is 2.39. The number of nitrogens with two attached hydrogens (primary N) is 1. The second-order valence-corrected chi connectivity index (χ2v) is 11.6. The third-order valence-corrected chi connectivity index (χ3v) is 8.34. The normalized spacial score (nSPS) is 25.9. The van der Waals surface area contributed by atoms with Crippen molar-refractivity contribution in [3.63, 3.8) is 0 Å². The maximum Gasteiger partial charge on any atom is 0.194 e. The van der Waals surface area contributed by atoms with Crippen molar-refractivity contribution in [2.45, 2.75) is 90.4 Å². The molecule has 2 fully saturated rings. The zero-order chi connectivity index (χ0) is 25.7. The van der Waals surface area contributed by atoms with Gasteiger partial charge in [-0.05, 0) is 57.1 Å². The van der Waals surface area contributed by atoms with E-state index in [2.05, 4.69) is 82.6 Å². The summed E-state index contributed by atoms with van der Waals surface area (Å²) in [6.45, 7) is 15.0. The monoisotopic (exact) mass is 495 g/mol. The Hall–Kier alpha value is -2.28. The van der Waals surface area contributed by atoms with Crippen molar-refractivity contribution in [1.29, 1.82) is 5.41 Å². The Balaban J connectivity index is 1.38. The van der Waals surface area contributed by atoms with E-state index in [9.17, 15) is 0 Å². The minimum absolute atomic E-state index is 0.319. The van der Waals surface area contributed by atoms with Gasteiger partial charge in [0.25, 0.3) is 0 Å². The average molecular weight is 496 g/mol. The fraction of sp³-hybridized carbons (Fsp3) is 0.724. The first-order valence-corrected chi connectivity index (χ1v) is 14.3. The second kappa shape index (κ2) is 12.3. The number of rotatable bonds is 12. The Kier molecular flexibility index (Phi) is 9.15. The van der Waals surface area contributed by atoms with Crippen molar-refractivity contribution in [2.24, 2.45) is 16.6 Å². The number of benzene rings is 1. The van der Waals surface area contributed by atoms with E-state index in [0.29, 0.717) is 30.1 Å². The molecule has 3 N–H and O–H groups in total. The van der Waals surface area contributed by atoms with Crippen molar-refractivity contribution in [3.8, 4) is 0 Å². The SMILES string of the molecule is CCCCN1C(=N)N([C@@H](C)CN2CCC[C@H]2CN2C(N)=NC[C@H]2CC(C)C)C[C@H]1Cc1ccccc1. The van der Waals surface area contributed by atoms with Gasteiger partial charge in [-0.3, -0.25) is 15.3 Å². The summed E-state index contributed by atoms with van der Waals surface area (Å²) < 4.78 is 0. The Morgan fingerprint density at radius 2 is 1.86 bits per heavy atom. The highest BCUT2D eigenvalue weighted by molar-refractivity contribution is 5.80. The molecule has 7 heteroatoms. The summed E-state index contributed by atoms with van der Waals surface area (Å²) in [5.74, 6) is 2.11. The summed E-state index contributed by atoms with van der Waals surface area (Å²) in [7, 11) is 0. The van der Waals surface area contributed by atoms with E-state index in [4.69, 9.17) is 11.1 Å². The summed E-state index contributed by atoms with van der Waals surface area (Å²) in [5.41, 5.74) is 7.70. The van der Waals surface area contributed by atoms with E-state index in [1.54, 1.807) is 0 Å². The minimum atomic E-state index is 0.319. The predicted molar refractivity (Wildman–Crippen MR) is 150 cm³/mol. The van der Waals surface area contributed by atoms with Crippen LogP contribution in [-0.4, -0.2) is 95.0 Å². The first-order chi connectivity index (χ1) is 17.4. The Labute approximate surface area is 219 Å². The molecule has 4 rings (SSSR count). The van der Waals surface area contributed by atoms with E-state index < -0.39 is 0 Å². The average Bonchev–Trinajstić information content (AvgIpc) is 3.52. The minimum Gasteiger partial charge on any atom is -0.370 e. The van der Waals surface area contributed by atoms with E-state index in [1.165, 1.54) is 18.4 Å². The van der Waals surface area contributed by atoms with Crippen LogP contribution < -0.4 is 5.73 Å². The maximum atomic E-state index is 9.08. The molecule has 36 heavy (non-hydrogen) atoms. The smallest absolute Gasteiger partial charge is 0.194 e. The van der Waals surface area contributed by atoms with Gasteiger partial charge in [-0.15, -0.1) is 0 Å². The molecular formula is C29H49N7. The summed E-state index contributed by atoms with van der Waals surface area (Å²) in [4.78, 5) is 14.4. The summed E-state index contributed by atoms with van der Waals surface area (Å²) in [6.07, 6.45) is 6.92. The highest BCUT2D eigenvalue weighted by Crippen LogP contribution is 2.26. The molecule has 3 heterocycles. The van der Waals surface area contributed by atoms with Crippen LogP contribution in [0.3, 0.4) is 0 Å². The summed E-state index contributed by atoms with van der Waals surface area (Å²) in [6, 6.07) is 12.4. The molecule has 7 nitrogen and oxygen atoms in total. The third-order valence-electron chi connectivity index (χ3n) is 8.34. The molecule has 4 atom stereocenters. The van der Waals surface area contributed by atoms with Crippen LogP contribution in [0.25, 0.3) is 0 Å². The van der Waals surface area contributed by atoms with E-state index in [-0.39, 0.29) is 0 Å². The topological polar surface area (TPSA) is 75.2 Å². The number of hydrogen-bond donors (Lipinski definition) is 2. The number of nitrogens with zero attached hydrogens (tertiary/aromatic N) is 5. The molecule has 0 spiro atoms. The van der Waals surface area contributed by atoms with Gasteiger partial charge in [0.2, 0.25) is 0 Å². The van der Waals surface area contributed by atoms with Gasteiger partial charge in [0.15, 0.2) is 11.9 Å². The molecule has 0 aromatic heterocycles. The number of nitrogens with one attached hydrogen (secondary N) is 1. The molecule has 3 aliphatic rings. The lowest BCUT2D eigenvalue weighted by Gasteiger charge is -2.36. The molecule has 200 valence electrons. The van der Waals surface area contributed by atoms with Crippen molar-refractivity contribution in [2.75, 3.05) is 39.3 Å². The van der Waals surface area contributed by atoms with Crippen LogP contribution >= 0.6 is 0 Å². The van der Waals surface area contributed by atoms with Crippen molar-refractivity contribution in [3.05, 3.63) is 35.9 Å². The van der Waals surface area contributed by atoms with Gasteiger partial charge in [0.05, 0.1) is 18.6 Å². The van der Waals surface area contributed by atoms with E-state index in [0.717, 1.165) is 76.9 Å². The van der Waals surface area contributed by atoms with Crippen LogP contribution in [0.15, 0.2) is 35.3 Å². The largest absolute Gasteiger partial charge is 0.370 e. The number of hydrogen-bond acceptors (Lipinski definition) is 5. The van der Waals surface area contributed by atoms with Crippen molar-refractivity contribution in [1.82, 2.24) is 19.6 Å². The molecule has 2 saturated heterocycles. The lowest BCUT2D eigenvalue weighted by molar-refractivity contribution is 0.159. The Bertz CT molecular complexity index is 870. The van der Waals surface area contributed by atoms with Gasteiger partial charge in [-0.25, -0.2) is 0 Å². The van der Waals surface area contributed by atoms with Gasteiger partial charge in [0.1, 0.15) is 0 Å². The molecule has 1 aromatic carbocycles. The van der Waals surface area contributed by atoms with Gasteiger partial charge in [-0.1, -0.05) is 57.5 Å². The van der Waals surface area contributed by atoms with Crippen molar-refractivity contribution >= 4 is 11.9 Å². The fourth-order valence-electron chi connectivity index (χ4n) is 6.39. The first kappa shape index (κ1) is 26.8. The first-order valence-electron chi connectivity index (χ1n) is 14.3. The van der Waals surface area contributed by atoms with Crippen LogP contribution in [0.4, 0.5) is 0 Å².